The van der Waals surface area contributed by atoms with Crippen molar-refractivity contribution in [1.82, 2.24) is 5.32 Å². The van der Waals surface area contributed by atoms with E-state index in [1.807, 2.05) is 54.6 Å². The van der Waals surface area contributed by atoms with Gasteiger partial charge in [0.15, 0.2) is 0 Å². The largest absolute Gasteiger partial charge is 0.449 e. The second-order valence-electron chi connectivity index (χ2n) is 7.37. The van der Waals surface area contributed by atoms with Crippen LogP contribution in [0.1, 0.15) is 29.0 Å². The lowest BCUT2D eigenvalue weighted by atomic mass is 9.98. The number of aliphatic hydroxyl groups excluding tert-OH is 1. The van der Waals surface area contributed by atoms with Crippen molar-refractivity contribution in [2.45, 2.75) is 24.8 Å². The zero-order valence-corrected chi connectivity index (χ0v) is 16.3. The molecule has 0 saturated carbocycles. The number of hydrogen-bond donors (Lipinski definition) is 2. The first-order chi connectivity index (χ1) is 14.3. The second-order valence-corrected chi connectivity index (χ2v) is 7.37. The van der Waals surface area contributed by atoms with Crippen molar-refractivity contribution < 1.29 is 14.6 Å². The number of hydrogen-bond acceptors (Lipinski definition) is 3. The Morgan fingerprint density at radius 2 is 1.48 bits per heavy atom. The predicted molar refractivity (Wildman–Crippen MR) is 114 cm³/mol. The third-order valence-electron chi connectivity index (χ3n) is 5.47. The van der Waals surface area contributed by atoms with E-state index in [2.05, 4.69) is 29.6 Å². The lowest BCUT2D eigenvalue weighted by Gasteiger charge is -2.19. The van der Waals surface area contributed by atoms with Crippen LogP contribution in [-0.2, 0) is 11.2 Å². The van der Waals surface area contributed by atoms with Gasteiger partial charge in [0.1, 0.15) is 6.61 Å². The van der Waals surface area contributed by atoms with E-state index in [0.29, 0.717) is 12.8 Å². The van der Waals surface area contributed by atoms with Gasteiger partial charge in [0.05, 0.1) is 0 Å². The molecular weight excluding hydrogens is 362 g/mol. The zero-order chi connectivity index (χ0) is 20.1. The fourth-order valence-corrected chi connectivity index (χ4v) is 4.09. The second kappa shape index (κ2) is 8.93. The van der Waals surface area contributed by atoms with E-state index >= 15 is 0 Å². The average molecular weight is 387 g/mol. The van der Waals surface area contributed by atoms with Crippen molar-refractivity contribution in [2.75, 3.05) is 13.2 Å². The monoisotopic (exact) mass is 387 g/mol. The van der Waals surface area contributed by atoms with Gasteiger partial charge in [-0.25, -0.2) is 4.79 Å². The first-order valence-corrected chi connectivity index (χ1v) is 10.0. The van der Waals surface area contributed by atoms with E-state index in [4.69, 9.17) is 4.74 Å². The van der Waals surface area contributed by atoms with Gasteiger partial charge in [0, 0.05) is 18.6 Å². The maximum Gasteiger partial charge on any atom is 0.407 e. The van der Waals surface area contributed by atoms with Gasteiger partial charge in [-0.05, 0) is 40.7 Å². The first-order valence-electron chi connectivity index (χ1n) is 10.0. The van der Waals surface area contributed by atoms with Crippen LogP contribution in [-0.4, -0.2) is 30.5 Å². The van der Waals surface area contributed by atoms with E-state index < -0.39 is 6.09 Å². The number of ether oxygens (including phenoxy) is 1. The quantitative estimate of drug-likeness (QED) is 0.627. The molecule has 0 fully saturated rings. The Bertz CT molecular complexity index is 925. The van der Waals surface area contributed by atoms with Gasteiger partial charge in [-0.1, -0.05) is 78.9 Å². The number of aliphatic hydroxyl groups is 1. The fourth-order valence-electron chi connectivity index (χ4n) is 4.09. The van der Waals surface area contributed by atoms with Gasteiger partial charge in [-0.2, -0.15) is 0 Å². The molecule has 0 heterocycles. The highest BCUT2D eigenvalue weighted by Gasteiger charge is 2.29. The van der Waals surface area contributed by atoms with Crippen LogP contribution in [0.15, 0.2) is 78.9 Å². The molecule has 4 heteroatoms. The number of carbonyl (C=O) groups excluding carboxylic acids is 1. The summed E-state index contributed by atoms with van der Waals surface area (Å²) in [5, 5.41) is 12.3. The third kappa shape index (κ3) is 4.33. The Morgan fingerprint density at radius 1 is 0.897 bits per heavy atom. The van der Waals surface area contributed by atoms with Gasteiger partial charge in [0.2, 0.25) is 0 Å². The lowest BCUT2D eigenvalue weighted by molar-refractivity contribution is 0.136. The third-order valence-corrected chi connectivity index (χ3v) is 5.47. The van der Waals surface area contributed by atoms with E-state index in [-0.39, 0.29) is 25.2 Å². The van der Waals surface area contributed by atoms with Crippen molar-refractivity contribution in [2.24, 2.45) is 0 Å². The maximum absolute atomic E-state index is 12.5. The van der Waals surface area contributed by atoms with Crippen LogP contribution < -0.4 is 5.32 Å². The molecule has 1 atom stereocenters. The molecule has 1 aliphatic carbocycles. The number of fused-ring (bicyclic) bond motifs is 3. The van der Waals surface area contributed by atoms with Crippen molar-refractivity contribution in [1.29, 1.82) is 0 Å². The Labute approximate surface area is 171 Å². The molecule has 0 bridgehead atoms. The van der Waals surface area contributed by atoms with Crippen LogP contribution >= 0.6 is 0 Å². The Hall–Kier alpha value is -3.11. The number of alkyl carbamates (subject to hydrolysis) is 1. The van der Waals surface area contributed by atoms with E-state index in [1.54, 1.807) is 0 Å². The van der Waals surface area contributed by atoms with Crippen LogP contribution in [0, 0.1) is 0 Å². The molecule has 1 amide bonds. The fraction of sp³-hybridized carbons (Fsp3) is 0.240. The molecule has 0 radical (unpaired) electrons. The van der Waals surface area contributed by atoms with Crippen molar-refractivity contribution in [3.8, 4) is 11.1 Å². The molecule has 0 saturated heterocycles. The number of benzene rings is 3. The molecule has 1 aliphatic rings. The van der Waals surface area contributed by atoms with Crippen LogP contribution in [0.5, 0.6) is 0 Å². The summed E-state index contributed by atoms with van der Waals surface area (Å²) in [7, 11) is 0. The topological polar surface area (TPSA) is 58.6 Å². The molecule has 3 aromatic rings. The van der Waals surface area contributed by atoms with Crippen LogP contribution in [0.3, 0.4) is 0 Å². The summed E-state index contributed by atoms with van der Waals surface area (Å²) < 4.78 is 5.62. The molecule has 1 unspecified atom stereocenters. The van der Waals surface area contributed by atoms with E-state index in [0.717, 1.165) is 5.56 Å². The molecular formula is C25H25NO3. The number of rotatable bonds is 7. The average Bonchev–Trinajstić information content (AvgIpc) is 3.07. The highest BCUT2D eigenvalue weighted by Crippen LogP contribution is 2.44. The van der Waals surface area contributed by atoms with E-state index in [1.165, 1.54) is 22.3 Å². The van der Waals surface area contributed by atoms with E-state index in [9.17, 15) is 9.90 Å². The highest BCUT2D eigenvalue weighted by atomic mass is 16.5. The minimum atomic E-state index is -0.443. The maximum atomic E-state index is 12.5. The van der Waals surface area contributed by atoms with Crippen molar-refractivity contribution >= 4 is 6.09 Å². The molecule has 0 spiro atoms. The zero-order valence-electron chi connectivity index (χ0n) is 16.3. The van der Waals surface area contributed by atoms with Gasteiger partial charge >= 0.3 is 6.09 Å². The Balaban J connectivity index is 1.41. The predicted octanol–water partition coefficient (Wildman–Crippen LogP) is 4.52. The summed E-state index contributed by atoms with van der Waals surface area (Å²) in [4.78, 5) is 12.5. The summed E-state index contributed by atoms with van der Waals surface area (Å²) in [6.07, 6.45) is 0.700. The smallest absolute Gasteiger partial charge is 0.407 e. The summed E-state index contributed by atoms with van der Waals surface area (Å²) in [5.41, 5.74) is 5.92. The molecule has 2 N–H and O–H groups in total. The standard InChI is InChI=1S/C25H25NO3/c27-15-14-19(16-18-8-2-1-3-9-18)26-25(28)29-17-24-22-12-6-4-10-20(22)21-11-5-7-13-23(21)24/h1-13,19,24,27H,14-17H2,(H,26,28). The normalized spacial score (nSPS) is 13.4. The SMILES string of the molecule is O=C(NC(CCO)Cc1ccccc1)OCC1c2ccccc2-c2ccccc21. The summed E-state index contributed by atoms with van der Waals surface area (Å²) in [6.45, 7) is 0.304. The number of carbonyl (C=O) groups is 1. The van der Waals surface area contributed by atoms with Crippen LogP contribution in [0.2, 0.25) is 0 Å². The minimum absolute atomic E-state index is 0.0150. The summed E-state index contributed by atoms with van der Waals surface area (Å²) in [5.74, 6) is 0.0403. The molecule has 0 aromatic heterocycles. The summed E-state index contributed by atoms with van der Waals surface area (Å²) in [6, 6.07) is 26.3. The first kappa shape index (κ1) is 19.2. The van der Waals surface area contributed by atoms with Crippen molar-refractivity contribution in [3.63, 3.8) is 0 Å². The minimum Gasteiger partial charge on any atom is -0.449 e. The van der Waals surface area contributed by atoms with Gasteiger partial charge in [-0.15, -0.1) is 0 Å². The number of amides is 1. The Morgan fingerprint density at radius 3 is 2.10 bits per heavy atom. The molecule has 3 aromatic carbocycles. The molecule has 29 heavy (non-hydrogen) atoms. The van der Waals surface area contributed by atoms with Gasteiger partial charge in [-0.3, -0.25) is 0 Å². The molecule has 0 aliphatic heterocycles. The summed E-state index contributed by atoms with van der Waals surface area (Å²) >= 11 is 0. The van der Waals surface area contributed by atoms with Gasteiger partial charge < -0.3 is 15.2 Å². The van der Waals surface area contributed by atoms with Crippen LogP contribution in [0.4, 0.5) is 4.79 Å². The molecule has 4 nitrogen and oxygen atoms in total. The van der Waals surface area contributed by atoms with Crippen LogP contribution in [0.25, 0.3) is 11.1 Å². The number of nitrogens with one attached hydrogen (secondary N) is 1. The lowest BCUT2D eigenvalue weighted by Crippen LogP contribution is -2.38. The molecule has 4 rings (SSSR count). The van der Waals surface area contributed by atoms with Crippen molar-refractivity contribution in [3.05, 3.63) is 95.6 Å². The Kier molecular flexibility index (Phi) is 5.92. The highest BCUT2D eigenvalue weighted by molar-refractivity contribution is 5.79. The molecule has 148 valence electrons. The van der Waals surface area contributed by atoms with Gasteiger partial charge in [0.25, 0.3) is 0 Å².